The second-order valence-electron chi connectivity index (χ2n) is 7.30. The highest BCUT2D eigenvalue weighted by Gasteiger charge is 2.25. The summed E-state index contributed by atoms with van der Waals surface area (Å²) in [5, 5.41) is 2.92. The predicted octanol–water partition coefficient (Wildman–Crippen LogP) is 3.76. The molecule has 0 bridgehead atoms. The fourth-order valence-electron chi connectivity index (χ4n) is 3.56. The molecule has 0 atom stereocenters. The second kappa shape index (κ2) is 9.26. The van der Waals surface area contributed by atoms with Gasteiger partial charge in [0.05, 0.1) is 11.3 Å². The number of nitrogens with zero attached hydrogens (tertiary/aromatic N) is 4. The Morgan fingerprint density at radius 1 is 1.00 bits per heavy atom. The smallest absolute Gasteiger partial charge is 0.256 e. The number of carbonyl (C=O) groups is 2. The van der Waals surface area contributed by atoms with Gasteiger partial charge in [-0.3, -0.25) is 14.6 Å². The number of para-hydroxylation sites is 1. The first kappa shape index (κ1) is 21.0. The number of rotatable bonds is 4. The molecule has 2 amide bonds. The fraction of sp³-hybridized carbons (Fsp3) is 0.217. The van der Waals surface area contributed by atoms with Crippen LogP contribution in [0.1, 0.15) is 26.3 Å². The third-order valence-electron chi connectivity index (χ3n) is 5.29. The Labute approximate surface area is 189 Å². The molecule has 8 heteroatoms. The molecule has 31 heavy (non-hydrogen) atoms. The first-order valence-corrected chi connectivity index (χ1v) is 10.8. The molecule has 0 spiro atoms. The van der Waals surface area contributed by atoms with E-state index in [1.807, 2.05) is 36.1 Å². The lowest BCUT2D eigenvalue weighted by atomic mass is 10.1. The highest BCUT2D eigenvalue weighted by Crippen LogP contribution is 2.24. The maximum atomic E-state index is 13.3. The normalized spacial score (nSPS) is 13.7. The van der Waals surface area contributed by atoms with Gasteiger partial charge in [0.1, 0.15) is 5.82 Å². The zero-order valence-corrected chi connectivity index (χ0v) is 18.7. The topological polar surface area (TPSA) is 78.4 Å². The van der Waals surface area contributed by atoms with Gasteiger partial charge in [-0.1, -0.05) is 12.1 Å². The number of benzene rings is 1. The molecule has 1 aliphatic heterocycles. The number of halogens is 1. The van der Waals surface area contributed by atoms with Crippen molar-refractivity contribution in [3.8, 4) is 0 Å². The number of hydrogen-bond donors (Lipinski definition) is 1. The molecular formula is C23H22BrN5O2. The molecule has 3 heterocycles. The molecule has 0 radical (unpaired) electrons. The zero-order chi connectivity index (χ0) is 21.8. The van der Waals surface area contributed by atoms with Crippen LogP contribution in [0.3, 0.4) is 0 Å². The number of piperazine rings is 1. The molecule has 0 aliphatic carbocycles. The van der Waals surface area contributed by atoms with Crippen LogP contribution in [0.4, 0.5) is 11.5 Å². The van der Waals surface area contributed by atoms with Crippen LogP contribution >= 0.6 is 15.9 Å². The first-order chi connectivity index (χ1) is 15.0. The third kappa shape index (κ3) is 4.74. The Kier molecular flexibility index (Phi) is 6.27. The summed E-state index contributed by atoms with van der Waals surface area (Å²) in [5.74, 6) is 0.546. The largest absolute Gasteiger partial charge is 0.353 e. The van der Waals surface area contributed by atoms with E-state index in [4.69, 9.17) is 0 Å². The summed E-state index contributed by atoms with van der Waals surface area (Å²) >= 11 is 3.40. The Balaban J connectivity index is 1.48. The van der Waals surface area contributed by atoms with Crippen molar-refractivity contribution in [2.75, 3.05) is 36.4 Å². The fourth-order valence-corrected chi connectivity index (χ4v) is 3.80. The lowest BCUT2D eigenvalue weighted by Gasteiger charge is -2.35. The van der Waals surface area contributed by atoms with E-state index in [9.17, 15) is 9.59 Å². The van der Waals surface area contributed by atoms with Crippen molar-refractivity contribution in [3.63, 3.8) is 0 Å². The number of hydrogen-bond acceptors (Lipinski definition) is 5. The van der Waals surface area contributed by atoms with Crippen LogP contribution in [-0.2, 0) is 0 Å². The van der Waals surface area contributed by atoms with E-state index >= 15 is 0 Å². The van der Waals surface area contributed by atoms with Crippen molar-refractivity contribution in [1.82, 2.24) is 14.9 Å². The van der Waals surface area contributed by atoms with Gasteiger partial charge in [0.15, 0.2) is 0 Å². The molecule has 1 saturated heterocycles. The van der Waals surface area contributed by atoms with Crippen molar-refractivity contribution < 1.29 is 9.59 Å². The van der Waals surface area contributed by atoms with Crippen LogP contribution in [-0.4, -0.2) is 52.9 Å². The average Bonchev–Trinajstić information content (AvgIpc) is 2.81. The van der Waals surface area contributed by atoms with Gasteiger partial charge in [-0.05, 0) is 58.7 Å². The van der Waals surface area contributed by atoms with E-state index in [1.54, 1.807) is 36.8 Å². The molecule has 7 nitrogen and oxygen atoms in total. The summed E-state index contributed by atoms with van der Waals surface area (Å²) in [5.41, 5.74) is 2.38. The standard InChI is InChI=1S/C23H22BrN5O2/c1-16-3-2-4-19(21(16)27-22(30)17-7-9-25-10-8-17)23(31)29-13-11-28(12-14-29)20-6-5-18(24)15-26-20/h2-10,15H,11-14H2,1H3,(H,27,30). The molecule has 158 valence electrons. The highest BCUT2D eigenvalue weighted by atomic mass is 79.9. The molecule has 0 saturated carbocycles. The van der Waals surface area contributed by atoms with Crippen molar-refractivity contribution in [1.29, 1.82) is 0 Å². The molecule has 1 N–H and O–H groups in total. The second-order valence-corrected chi connectivity index (χ2v) is 8.22. The minimum Gasteiger partial charge on any atom is -0.353 e. The summed E-state index contributed by atoms with van der Waals surface area (Å²) < 4.78 is 0.936. The van der Waals surface area contributed by atoms with Crippen LogP contribution in [0.5, 0.6) is 0 Å². The van der Waals surface area contributed by atoms with Crippen LogP contribution in [0.25, 0.3) is 0 Å². The number of nitrogens with one attached hydrogen (secondary N) is 1. The number of aromatic nitrogens is 2. The van der Waals surface area contributed by atoms with Gasteiger partial charge in [0.25, 0.3) is 11.8 Å². The number of anilines is 2. The Morgan fingerprint density at radius 2 is 1.74 bits per heavy atom. The van der Waals surface area contributed by atoms with Gasteiger partial charge in [-0.15, -0.1) is 0 Å². The monoisotopic (exact) mass is 479 g/mol. The lowest BCUT2D eigenvalue weighted by Crippen LogP contribution is -2.49. The Bertz CT molecular complexity index is 1080. The van der Waals surface area contributed by atoms with Crippen molar-refractivity contribution >= 4 is 39.2 Å². The van der Waals surface area contributed by atoms with Gasteiger partial charge in [-0.25, -0.2) is 4.98 Å². The molecule has 2 aromatic heterocycles. The van der Waals surface area contributed by atoms with Crippen molar-refractivity contribution in [3.05, 3.63) is 82.2 Å². The minimum atomic E-state index is -0.267. The highest BCUT2D eigenvalue weighted by molar-refractivity contribution is 9.10. The Morgan fingerprint density at radius 3 is 2.42 bits per heavy atom. The van der Waals surface area contributed by atoms with E-state index in [1.165, 1.54) is 0 Å². The zero-order valence-electron chi connectivity index (χ0n) is 17.1. The lowest BCUT2D eigenvalue weighted by molar-refractivity contribution is 0.0747. The molecule has 1 fully saturated rings. The summed E-state index contributed by atoms with van der Waals surface area (Å²) in [6.45, 7) is 4.45. The quantitative estimate of drug-likeness (QED) is 0.616. The summed E-state index contributed by atoms with van der Waals surface area (Å²) in [6, 6.07) is 12.7. The molecule has 3 aromatic rings. The van der Waals surface area contributed by atoms with Gasteiger partial charge >= 0.3 is 0 Å². The van der Waals surface area contributed by atoms with Crippen LogP contribution in [0.15, 0.2) is 65.5 Å². The van der Waals surface area contributed by atoms with Gasteiger partial charge in [-0.2, -0.15) is 0 Å². The van der Waals surface area contributed by atoms with Crippen LogP contribution < -0.4 is 10.2 Å². The third-order valence-corrected chi connectivity index (χ3v) is 5.76. The first-order valence-electron chi connectivity index (χ1n) is 9.99. The molecule has 4 rings (SSSR count). The van der Waals surface area contributed by atoms with Gasteiger partial charge in [0.2, 0.25) is 0 Å². The predicted molar refractivity (Wildman–Crippen MR) is 123 cm³/mol. The van der Waals surface area contributed by atoms with E-state index in [2.05, 4.69) is 36.1 Å². The van der Waals surface area contributed by atoms with Crippen molar-refractivity contribution in [2.24, 2.45) is 0 Å². The van der Waals surface area contributed by atoms with Gasteiger partial charge in [0, 0.05) is 54.8 Å². The van der Waals surface area contributed by atoms with E-state index in [-0.39, 0.29) is 11.8 Å². The SMILES string of the molecule is Cc1cccc(C(=O)N2CCN(c3ccc(Br)cn3)CC2)c1NC(=O)c1ccncc1. The summed E-state index contributed by atoms with van der Waals surface area (Å²) in [7, 11) is 0. The molecule has 1 aromatic carbocycles. The average molecular weight is 480 g/mol. The molecule has 0 unspecified atom stereocenters. The van der Waals surface area contributed by atoms with Crippen LogP contribution in [0, 0.1) is 6.92 Å². The summed E-state index contributed by atoms with van der Waals surface area (Å²) in [6.07, 6.45) is 4.91. The van der Waals surface area contributed by atoms with E-state index < -0.39 is 0 Å². The maximum absolute atomic E-state index is 13.3. The number of aryl methyl sites for hydroxylation is 1. The minimum absolute atomic E-state index is 0.0860. The Hall–Kier alpha value is -3.26. The molecule has 1 aliphatic rings. The summed E-state index contributed by atoms with van der Waals surface area (Å²) in [4.78, 5) is 38.3. The van der Waals surface area contributed by atoms with Gasteiger partial charge < -0.3 is 15.1 Å². The number of pyridine rings is 2. The van der Waals surface area contributed by atoms with E-state index in [0.717, 1.165) is 15.9 Å². The maximum Gasteiger partial charge on any atom is 0.256 e. The number of carbonyl (C=O) groups excluding carboxylic acids is 2. The number of amides is 2. The molecular weight excluding hydrogens is 458 g/mol. The van der Waals surface area contributed by atoms with Crippen molar-refractivity contribution in [2.45, 2.75) is 6.92 Å². The van der Waals surface area contributed by atoms with Crippen LogP contribution in [0.2, 0.25) is 0 Å². The van der Waals surface area contributed by atoms with E-state index in [0.29, 0.717) is 43.0 Å².